The van der Waals surface area contributed by atoms with E-state index in [1.54, 1.807) is 11.3 Å². The summed E-state index contributed by atoms with van der Waals surface area (Å²) in [5.74, 6) is 0. The van der Waals surface area contributed by atoms with Gasteiger partial charge in [0, 0.05) is 13.1 Å². The normalized spacial score (nSPS) is 16.8. The lowest BCUT2D eigenvalue weighted by atomic mass is 9.95. The number of anilines is 1. The summed E-state index contributed by atoms with van der Waals surface area (Å²) in [4.78, 5) is 18.8. The third-order valence-corrected chi connectivity index (χ3v) is 4.85. The summed E-state index contributed by atoms with van der Waals surface area (Å²) in [5.41, 5.74) is 0.982. The molecule has 100 valence electrons. The molecule has 0 atom stereocenters. The molecule has 0 amide bonds. The lowest BCUT2D eigenvalue weighted by molar-refractivity contribution is 0.112. The molecule has 0 radical (unpaired) electrons. The van der Waals surface area contributed by atoms with Gasteiger partial charge in [0.2, 0.25) is 0 Å². The van der Waals surface area contributed by atoms with Crippen molar-refractivity contribution in [2.75, 3.05) is 11.9 Å². The molecule has 0 N–H and O–H groups in total. The highest BCUT2D eigenvalue weighted by Crippen LogP contribution is 2.30. The standard InChI is InChI=1S/C14H22N2OS/c1-3-7-12-13(10-17)18-14(15-12)16(2)11-8-5-4-6-9-11/h10-11H,3-9H2,1-2H3. The fourth-order valence-electron chi connectivity index (χ4n) is 2.63. The predicted octanol–water partition coefficient (Wildman–Crippen LogP) is 3.68. The molecule has 0 aliphatic heterocycles. The fraction of sp³-hybridized carbons (Fsp3) is 0.714. The number of carbonyl (C=O) groups is 1. The molecular weight excluding hydrogens is 244 g/mol. The molecule has 1 aromatic heterocycles. The molecule has 0 bridgehead atoms. The zero-order valence-electron chi connectivity index (χ0n) is 11.3. The molecule has 1 aliphatic rings. The van der Waals surface area contributed by atoms with Crippen molar-refractivity contribution in [3.8, 4) is 0 Å². The van der Waals surface area contributed by atoms with Gasteiger partial charge >= 0.3 is 0 Å². The van der Waals surface area contributed by atoms with E-state index in [-0.39, 0.29) is 0 Å². The first-order chi connectivity index (χ1) is 8.76. The first kappa shape index (κ1) is 13.5. The van der Waals surface area contributed by atoms with Gasteiger partial charge in [0.1, 0.15) is 0 Å². The molecular formula is C14H22N2OS. The summed E-state index contributed by atoms with van der Waals surface area (Å²) in [7, 11) is 2.12. The number of nitrogens with zero attached hydrogens (tertiary/aromatic N) is 2. The van der Waals surface area contributed by atoms with E-state index < -0.39 is 0 Å². The Bertz CT molecular complexity index is 396. The second-order valence-corrected chi connectivity index (χ2v) is 6.09. The van der Waals surface area contributed by atoms with E-state index >= 15 is 0 Å². The second-order valence-electron chi connectivity index (χ2n) is 5.08. The lowest BCUT2D eigenvalue weighted by Crippen LogP contribution is -2.33. The SMILES string of the molecule is CCCc1nc(N(C)C2CCCCC2)sc1C=O. The van der Waals surface area contributed by atoms with Crippen LogP contribution in [0.25, 0.3) is 0 Å². The molecule has 0 saturated heterocycles. The topological polar surface area (TPSA) is 33.2 Å². The highest BCUT2D eigenvalue weighted by Gasteiger charge is 2.21. The number of thiazole rings is 1. The monoisotopic (exact) mass is 266 g/mol. The van der Waals surface area contributed by atoms with Crippen molar-refractivity contribution in [3.05, 3.63) is 10.6 Å². The van der Waals surface area contributed by atoms with E-state index in [1.807, 2.05) is 0 Å². The zero-order valence-corrected chi connectivity index (χ0v) is 12.1. The van der Waals surface area contributed by atoms with Crippen LogP contribution >= 0.6 is 11.3 Å². The van der Waals surface area contributed by atoms with Crippen molar-refractivity contribution in [1.82, 2.24) is 4.98 Å². The molecule has 0 unspecified atom stereocenters. The molecule has 0 aromatic carbocycles. The predicted molar refractivity (Wildman–Crippen MR) is 76.8 cm³/mol. The van der Waals surface area contributed by atoms with Gasteiger partial charge in [-0.3, -0.25) is 4.79 Å². The lowest BCUT2D eigenvalue weighted by Gasteiger charge is -2.30. The summed E-state index contributed by atoms with van der Waals surface area (Å²) < 4.78 is 0. The Balaban J connectivity index is 2.13. The molecule has 1 aromatic rings. The van der Waals surface area contributed by atoms with E-state index in [9.17, 15) is 4.79 Å². The minimum Gasteiger partial charge on any atom is -0.348 e. The van der Waals surface area contributed by atoms with Gasteiger partial charge in [-0.2, -0.15) is 0 Å². The van der Waals surface area contributed by atoms with Gasteiger partial charge in [-0.15, -0.1) is 0 Å². The summed E-state index contributed by atoms with van der Waals surface area (Å²) in [6.07, 6.45) is 9.43. The third-order valence-electron chi connectivity index (χ3n) is 3.73. The molecule has 18 heavy (non-hydrogen) atoms. The first-order valence-electron chi connectivity index (χ1n) is 6.94. The van der Waals surface area contributed by atoms with Crippen LogP contribution in [0.5, 0.6) is 0 Å². The van der Waals surface area contributed by atoms with Crippen LogP contribution < -0.4 is 4.90 Å². The largest absolute Gasteiger partial charge is 0.348 e. The molecule has 3 nitrogen and oxygen atoms in total. The van der Waals surface area contributed by atoms with Gasteiger partial charge in [0.15, 0.2) is 11.4 Å². The van der Waals surface area contributed by atoms with Gasteiger partial charge in [-0.05, 0) is 19.3 Å². The van der Waals surface area contributed by atoms with Crippen LogP contribution in [-0.2, 0) is 6.42 Å². The zero-order chi connectivity index (χ0) is 13.0. The summed E-state index contributed by atoms with van der Waals surface area (Å²) in [6.45, 7) is 2.12. The highest BCUT2D eigenvalue weighted by atomic mass is 32.1. The molecule has 1 saturated carbocycles. The summed E-state index contributed by atoms with van der Waals surface area (Å²) >= 11 is 1.55. The smallest absolute Gasteiger partial charge is 0.186 e. The van der Waals surface area contributed by atoms with Gasteiger partial charge in [0.25, 0.3) is 0 Å². The van der Waals surface area contributed by atoms with Crippen molar-refractivity contribution in [3.63, 3.8) is 0 Å². The molecule has 4 heteroatoms. The maximum atomic E-state index is 11.1. The van der Waals surface area contributed by atoms with Crippen LogP contribution in [0.15, 0.2) is 0 Å². The highest BCUT2D eigenvalue weighted by molar-refractivity contribution is 7.17. The van der Waals surface area contributed by atoms with Crippen LogP contribution in [0.3, 0.4) is 0 Å². The van der Waals surface area contributed by atoms with Crippen molar-refractivity contribution >= 4 is 22.8 Å². The van der Waals surface area contributed by atoms with Crippen molar-refractivity contribution in [1.29, 1.82) is 0 Å². The molecule has 0 spiro atoms. The maximum Gasteiger partial charge on any atom is 0.186 e. The Kier molecular flexibility index (Phi) is 4.75. The Hall–Kier alpha value is -0.900. The number of carbonyl (C=O) groups excluding carboxylic acids is 1. The average Bonchev–Trinajstić information content (AvgIpc) is 2.82. The van der Waals surface area contributed by atoms with Crippen LogP contribution in [-0.4, -0.2) is 24.4 Å². The van der Waals surface area contributed by atoms with Crippen LogP contribution in [0, 0.1) is 0 Å². The number of aromatic nitrogens is 1. The number of aryl methyl sites for hydroxylation is 1. The minimum absolute atomic E-state index is 0.610. The van der Waals surface area contributed by atoms with Crippen LogP contribution in [0.1, 0.15) is 60.8 Å². The number of hydrogen-bond acceptors (Lipinski definition) is 4. The third kappa shape index (κ3) is 2.91. The minimum atomic E-state index is 0.610. The fourth-order valence-corrected chi connectivity index (χ4v) is 3.59. The van der Waals surface area contributed by atoms with Gasteiger partial charge < -0.3 is 4.90 Å². The van der Waals surface area contributed by atoms with E-state index in [0.717, 1.165) is 34.8 Å². The number of aldehydes is 1. The Morgan fingerprint density at radius 2 is 2.11 bits per heavy atom. The Morgan fingerprint density at radius 3 is 2.72 bits per heavy atom. The summed E-state index contributed by atoms with van der Waals surface area (Å²) in [6, 6.07) is 0.610. The molecule has 1 fully saturated rings. The van der Waals surface area contributed by atoms with Gasteiger partial charge in [0.05, 0.1) is 10.6 Å². The first-order valence-corrected chi connectivity index (χ1v) is 7.75. The summed E-state index contributed by atoms with van der Waals surface area (Å²) in [5, 5.41) is 1.02. The molecule has 1 heterocycles. The van der Waals surface area contributed by atoms with E-state index in [1.165, 1.54) is 32.1 Å². The number of hydrogen-bond donors (Lipinski definition) is 0. The van der Waals surface area contributed by atoms with E-state index in [0.29, 0.717) is 6.04 Å². The molecule has 1 aliphatic carbocycles. The Morgan fingerprint density at radius 1 is 1.39 bits per heavy atom. The van der Waals surface area contributed by atoms with E-state index in [4.69, 9.17) is 0 Å². The maximum absolute atomic E-state index is 11.1. The molecule has 2 rings (SSSR count). The Labute approximate surface area is 113 Å². The average molecular weight is 266 g/mol. The van der Waals surface area contributed by atoms with Gasteiger partial charge in [-0.1, -0.05) is 43.9 Å². The second kappa shape index (κ2) is 6.32. The van der Waals surface area contributed by atoms with E-state index in [2.05, 4.69) is 23.9 Å². The van der Waals surface area contributed by atoms with Crippen molar-refractivity contribution in [2.24, 2.45) is 0 Å². The van der Waals surface area contributed by atoms with Crippen LogP contribution in [0.2, 0.25) is 0 Å². The van der Waals surface area contributed by atoms with Crippen LogP contribution in [0.4, 0.5) is 5.13 Å². The quantitative estimate of drug-likeness (QED) is 0.762. The number of rotatable bonds is 5. The van der Waals surface area contributed by atoms with Gasteiger partial charge in [-0.25, -0.2) is 4.98 Å². The van der Waals surface area contributed by atoms with Crippen molar-refractivity contribution < 1.29 is 4.79 Å². The van der Waals surface area contributed by atoms with Crippen molar-refractivity contribution in [2.45, 2.75) is 57.9 Å².